The van der Waals surface area contributed by atoms with Gasteiger partial charge in [0, 0.05) is 9.03 Å². The van der Waals surface area contributed by atoms with Gasteiger partial charge < -0.3 is 19.5 Å². The first-order chi connectivity index (χ1) is 8.19. The first kappa shape index (κ1) is 13.1. The molecule has 17 heavy (non-hydrogen) atoms. The van der Waals surface area contributed by atoms with Gasteiger partial charge in [-0.15, -0.1) is 0 Å². The molecule has 0 aliphatic carbocycles. The maximum atomic E-state index is 9.92. The highest BCUT2D eigenvalue weighted by molar-refractivity contribution is 14.1. The lowest BCUT2D eigenvalue weighted by Gasteiger charge is -2.13. The van der Waals surface area contributed by atoms with E-state index in [1.165, 1.54) is 0 Å². The molecule has 92 valence electrons. The minimum absolute atomic E-state index is 0.0467. The van der Waals surface area contributed by atoms with Crippen LogP contribution in [0.4, 0.5) is 0 Å². The lowest BCUT2D eigenvalue weighted by atomic mass is 9.78. The second-order valence-electron chi connectivity index (χ2n) is 3.83. The predicted molar refractivity (Wildman–Crippen MR) is 73.5 cm³/mol. The number of ether oxygens (including phenoxy) is 1. The fraction of sp³-hybridized carbons (Fsp3) is 0.455. The number of halogens is 1. The van der Waals surface area contributed by atoms with Crippen molar-refractivity contribution in [2.24, 2.45) is 0 Å². The number of benzene rings is 1. The molecule has 1 aliphatic rings. The molecule has 0 aromatic heterocycles. The summed E-state index contributed by atoms with van der Waals surface area (Å²) in [5.74, 6) is 0.595. The van der Waals surface area contributed by atoms with Crippen LogP contribution in [-0.2, 0) is 4.65 Å². The van der Waals surface area contributed by atoms with Gasteiger partial charge in [0.2, 0.25) is 0 Å². The number of aliphatic hydroxyl groups excluding tert-OH is 1. The summed E-state index contributed by atoms with van der Waals surface area (Å²) in [4.78, 5) is 0. The quantitative estimate of drug-likeness (QED) is 0.625. The van der Waals surface area contributed by atoms with Crippen molar-refractivity contribution in [1.29, 1.82) is 0 Å². The topological polar surface area (TPSA) is 58.9 Å². The molecule has 1 aromatic carbocycles. The summed E-state index contributed by atoms with van der Waals surface area (Å²) >= 11 is 2.23. The number of aliphatic hydroxyl groups is 1. The lowest BCUT2D eigenvalue weighted by Crippen LogP contribution is -2.30. The Morgan fingerprint density at radius 2 is 2.29 bits per heavy atom. The summed E-state index contributed by atoms with van der Waals surface area (Å²) in [5, 5.41) is 18.7. The average molecular weight is 348 g/mol. The van der Waals surface area contributed by atoms with Crippen LogP contribution in [0.1, 0.15) is 25.0 Å². The van der Waals surface area contributed by atoms with Gasteiger partial charge in [0.05, 0.1) is 12.7 Å². The molecule has 1 atom stereocenters. The van der Waals surface area contributed by atoms with Gasteiger partial charge in [0.1, 0.15) is 12.4 Å². The zero-order chi connectivity index (χ0) is 12.4. The molecule has 2 N–H and O–H groups in total. The van der Waals surface area contributed by atoms with Crippen molar-refractivity contribution in [3.63, 3.8) is 0 Å². The van der Waals surface area contributed by atoms with Crippen LogP contribution in [0.15, 0.2) is 12.1 Å². The fourth-order valence-corrected chi connectivity index (χ4v) is 2.86. The number of fused-ring (bicyclic) bond motifs is 1. The van der Waals surface area contributed by atoms with Crippen molar-refractivity contribution in [3.8, 4) is 5.75 Å². The van der Waals surface area contributed by atoms with Crippen LogP contribution >= 0.6 is 22.6 Å². The Bertz CT molecular complexity index is 413. The van der Waals surface area contributed by atoms with E-state index < -0.39 is 7.12 Å². The Morgan fingerprint density at radius 3 is 2.94 bits per heavy atom. The van der Waals surface area contributed by atoms with Gasteiger partial charge in [-0.25, -0.2) is 0 Å². The molecule has 1 aliphatic heterocycles. The van der Waals surface area contributed by atoms with E-state index >= 15 is 0 Å². The second kappa shape index (κ2) is 5.56. The largest absolute Gasteiger partial charge is 0.495 e. The smallest absolute Gasteiger partial charge is 0.492 e. The van der Waals surface area contributed by atoms with Gasteiger partial charge in [-0.05, 0) is 46.7 Å². The first-order valence-electron chi connectivity index (χ1n) is 5.58. The second-order valence-corrected chi connectivity index (χ2v) is 4.99. The third-order valence-electron chi connectivity index (χ3n) is 2.78. The molecule has 0 saturated heterocycles. The van der Waals surface area contributed by atoms with E-state index in [0.29, 0.717) is 11.2 Å². The summed E-state index contributed by atoms with van der Waals surface area (Å²) in [5.41, 5.74) is 1.72. The summed E-state index contributed by atoms with van der Waals surface area (Å²) in [6.45, 7) is 2.19. The molecule has 2 rings (SSSR count). The maximum absolute atomic E-state index is 9.92. The highest BCUT2D eigenvalue weighted by atomic mass is 127. The zero-order valence-electron chi connectivity index (χ0n) is 9.52. The molecule has 0 bridgehead atoms. The van der Waals surface area contributed by atoms with Gasteiger partial charge in [-0.2, -0.15) is 0 Å². The molecule has 0 saturated carbocycles. The summed E-state index contributed by atoms with van der Waals surface area (Å²) in [6, 6.07) is 3.75. The van der Waals surface area contributed by atoms with Crippen molar-refractivity contribution in [2.75, 3.05) is 13.2 Å². The monoisotopic (exact) mass is 348 g/mol. The first-order valence-corrected chi connectivity index (χ1v) is 6.66. The van der Waals surface area contributed by atoms with Crippen molar-refractivity contribution in [2.45, 2.75) is 19.4 Å². The number of rotatable bonds is 4. The van der Waals surface area contributed by atoms with Gasteiger partial charge in [0.25, 0.3) is 0 Å². The Kier molecular flexibility index (Phi) is 4.29. The fourth-order valence-electron chi connectivity index (χ4n) is 2.05. The van der Waals surface area contributed by atoms with Gasteiger partial charge >= 0.3 is 7.12 Å². The molecule has 0 radical (unpaired) electrons. The third-order valence-corrected chi connectivity index (χ3v) is 3.72. The summed E-state index contributed by atoms with van der Waals surface area (Å²) in [7, 11) is -0.932. The maximum Gasteiger partial charge on any atom is 0.495 e. The van der Waals surface area contributed by atoms with E-state index in [1.807, 2.05) is 13.0 Å². The molecular weight excluding hydrogens is 334 g/mol. The van der Waals surface area contributed by atoms with Gasteiger partial charge in [0.15, 0.2) is 0 Å². The van der Waals surface area contributed by atoms with Crippen LogP contribution in [0, 0.1) is 3.57 Å². The SMILES string of the molecule is CC[C@H]1OB(O)c2c(OCCO)ccc(I)c21. The van der Waals surface area contributed by atoms with E-state index in [4.69, 9.17) is 14.5 Å². The molecule has 0 unspecified atom stereocenters. The standard InChI is InChI=1S/C11H14BIO4/c1-2-8-10-7(13)3-4-9(16-6-5-14)11(10)12(15)17-8/h3-4,8,14-15H,2,5-6H2,1H3/t8-/m1/s1. The average Bonchev–Trinajstić information content (AvgIpc) is 2.67. The Morgan fingerprint density at radius 1 is 1.53 bits per heavy atom. The van der Waals surface area contributed by atoms with Crippen molar-refractivity contribution in [3.05, 3.63) is 21.3 Å². The Hall–Kier alpha value is -0.305. The van der Waals surface area contributed by atoms with E-state index in [2.05, 4.69) is 22.6 Å². The normalized spacial score (nSPS) is 18.4. The van der Waals surface area contributed by atoms with Crippen molar-refractivity contribution < 1.29 is 19.5 Å². The van der Waals surface area contributed by atoms with Gasteiger partial charge in [-0.3, -0.25) is 0 Å². The molecule has 0 amide bonds. The number of hydrogen-bond donors (Lipinski definition) is 2. The van der Waals surface area contributed by atoms with Crippen LogP contribution in [0.5, 0.6) is 5.75 Å². The third kappa shape index (κ3) is 2.45. The minimum atomic E-state index is -0.932. The molecule has 0 spiro atoms. The summed E-state index contributed by atoms with van der Waals surface area (Å²) in [6.07, 6.45) is 0.730. The Balaban J connectivity index is 2.42. The van der Waals surface area contributed by atoms with E-state index in [-0.39, 0.29) is 19.3 Å². The molecule has 1 heterocycles. The van der Waals surface area contributed by atoms with Crippen LogP contribution < -0.4 is 10.2 Å². The van der Waals surface area contributed by atoms with Gasteiger partial charge in [-0.1, -0.05) is 6.92 Å². The highest BCUT2D eigenvalue weighted by Gasteiger charge is 2.38. The zero-order valence-corrected chi connectivity index (χ0v) is 11.7. The molecular formula is C11H14BIO4. The molecule has 4 nitrogen and oxygen atoms in total. The number of hydrogen-bond acceptors (Lipinski definition) is 4. The predicted octanol–water partition coefficient (Wildman–Crippen LogP) is 0.831. The molecule has 0 fully saturated rings. The summed E-state index contributed by atoms with van der Waals surface area (Å²) < 4.78 is 12.0. The highest BCUT2D eigenvalue weighted by Crippen LogP contribution is 2.33. The van der Waals surface area contributed by atoms with Crippen LogP contribution in [0.2, 0.25) is 0 Å². The Labute approximate surface area is 114 Å². The minimum Gasteiger partial charge on any atom is -0.492 e. The molecule has 1 aromatic rings. The van der Waals surface area contributed by atoms with E-state index in [1.54, 1.807) is 6.07 Å². The lowest BCUT2D eigenvalue weighted by molar-refractivity contribution is 0.185. The molecule has 6 heteroatoms. The van der Waals surface area contributed by atoms with Crippen LogP contribution in [0.25, 0.3) is 0 Å². The van der Waals surface area contributed by atoms with E-state index in [9.17, 15) is 5.02 Å². The van der Waals surface area contributed by atoms with Crippen LogP contribution in [-0.4, -0.2) is 30.5 Å². The van der Waals surface area contributed by atoms with Crippen molar-refractivity contribution >= 4 is 35.2 Å². The van der Waals surface area contributed by atoms with Crippen LogP contribution in [0.3, 0.4) is 0 Å². The van der Waals surface area contributed by atoms with E-state index in [0.717, 1.165) is 15.6 Å². The van der Waals surface area contributed by atoms with Crippen molar-refractivity contribution in [1.82, 2.24) is 0 Å².